The quantitative estimate of drug-likeness (QED) is 0.594. The lowest BCUT2D eigenvalue weighted by Crippen LogP contribution is -2.41. The van der Waals surface area contributed by atoms with Crippen LogP contribution in [0.5, 0.6) is 0 Å². The molecule has 0 bridgehead atoms. The number of imide groups is 1. The van der Waals surface area contributed by atoms with Gasteiger partial charge in [0.25, 0.3) is 5.91 Å². The molecule has 0 unspecified atom stereocenters. The molecule has 6 heteroatoms. The van der Waals surface area contributed by atoms with Gasteiger partial charge in [0.05, 0.1) is 6.42 Å². The number of ether oxygens (including phenoxy) is 1. The van der Waals surface area contributed by atoms with E-state index in [0.717, 1.165) is 29.5 Å². The van der Waals surface area contributed by atoms with Crippen LogP contribution < -0.4 is 10.6 Å². The van der Waals surface area contributed by atoms with E-state index in [1.165, 1.54) is 0 Å². The van der Waals surface area contributed by atoms with E-state index in [-0.39, 0.29) is 6.42 Å². The average molecular weight is 320 g/mol. The highest BCUT2D eigenvalue weighted by atomic mass is 16.5. The van der Waals surface area contributed by atoms with E-state index in [2.05, 4.69) is 10.6 Å². The van der Waals surface area contributed by atoms with Crippen LogP contribution in [-0.2, 0) is 20.7 Å². The Bertz CT molecular complexity index is 570. The summed E-state index contributed by atoms with van der Waals surface area (Å²) in [7, 11) is 0. The summed E-state index contributed by atoms with van der Waals surface area (Å²) in [5.74, 6) is -1.15. The van der Waals surface area contributed by atoms with Crippen LogP contribution in [-0.4, -0.2) is 31.1 Å². The van der Waals surface area contributed by atoms with Crippen molar-refractivity contribution in [2.45, 2.75) is 40.0 Å². The Morgan fingerprint density at radius 1 is 1.13 bits per heavy atom. The van der Waals surface area contributed by atoms with Gasteiger partial charge in [-0.25, -0.2) is 4.79 Å². The molecule has 3 amide bonds. The molecule has 0 aliphatic carbocycles. The monoisotopic (exact) mass is 320 g/mol. The molecule has 0 saturated heterocycles. The zero-order valence-corrected chi connectivity index (χ0v) is 13.9. The van der Waals surface area contributed by atoms with Gasteiger partial charge in [-0.2, -0.15) is 0 Å². The van der Waals surface area contributed by atoms with Crippen LogP contribution in [0.2, 0.25) is 0 Å². The number of esters is 1. The Kier molecular flexibility index (Phi) is 7.80. The van der Waals surface area contributed by atoms with Gasteiger partial charge in [0, 0.05) is 6.54 Å². The smallest absolute Gasteiger partial charge is 0.321 e. The molecule has 0 radical (unpaired) electrons. The number of nitrogens with one attached hydrogen (secondary N) is 2. The molecule has 0 aliphatic heterocycles. The van der Waals surface area contributed by atoms with Crippen LogP contribution in [0.1, 0.15) is 36.5 Å². The van der Waals surface area contributed by atoms with Crippen molar-refractivity contribution in [1.82, 2.24) is 10.6 Å². The third-order valence-corrected chi connectivity index (χ3v) is 3.35. The van der Waals surface area contributed by atoms with Crippen molar-refractivity contribution < 1.29 is 19.1 Å². The van der Waals surface area contributed by atoms with Gasteiger partial charge in [-0.1, -0.05) is 31.5 Å². The van der Waals surface area contributed by atoms with Crippen LogP contribution >= 0.6 is 0 Å². The van der Waals surface area contributed by atoms with Gasteiger partial charge >= 0.3 is 12.0 Å². The van der Waals surface area contributed by atoms with Gasteiger partial charge in [0.2, 0.25) is 0 Å². The van der Waals surface area contributed by atoms with Gasteiger partial charge in [0.1, 0.15) is 0 Å². The van der Waals surface area contributed by atoms with E-state index in [4.69, 9.17) is 4.74 Å². The maximum Gasteiger partial charge on any atom is 0.321 e. The zero-order chi connectivity index (χ0) is 17.2. The summed E-state index contributed by atoms with van der Waals surface area (Å²) in [5, 5.41) is 4.65. The lowest BCUT2D eigenvalue weighted by atomic mass is 10.0. The van der Waals surface area contributed by atoms with Crippen LogP contribution in [0.25, 0.3) is 0 Å². The van der Waals surface area contributed by atoms with E-state index < -0.39 is 24.5 Å². The topological polar surface area (TPSA) is 84.5 Å². The lowest BCUT2D eigenvalue weighted by molar-refractivity contribution is -0.147. The first-order chi connectivity index (χ1) is 10.9. The molecular weight excluding hydrogens is 296 g/mol. The van der Waals surface area contributed by atoms with Gasteiger partial charge < -0.3 is 10.1 Å². The van der Waals surface area contributed by atoms with Crippen LogP contribution in [0.4, 0.5) is 4.79 Å². The average Bonchev–Trinajstić information content (AvgIpc) is 2.49. The summed E-state index contributed by atoms with van der Waals surface area (Å²) in [6.07, 6.45) is 1.88. The molecular formula is C17H24N2O4. The van der Waals surface area contributed by atoms with Gasteiger partial charge in [-0.3, -0.25) is 14.9 Å². The number of carbonyl (C=O) groups excluding carboxylic acids is 3. The number of aryl methyl sites for hydroxylation is 2. The summed E-state index contributed by atoms with van der Waals surface area (Å²) in [5.41, 5.74) is 3.07. The molecule has 0 fully saturated rings. The lowest BCUT2D eigenvalue weighted by Gasteiger charge is -2.08. The van der Waals surface area contributed by atoms with Crippen molar-refractivity contribution in [2.75, 3.05) is 13.2 Å². The van der Waals surface area contributed by atoms with Gasteiger partial charge in [-0.05, 0) is 37.0 Å². The maximum absolute atomic E-state index is 11.7. The summed E-state index contributed by atoms with van der Waals surface area (Å²) in [4.78, 5) is 34.5. The van der Waals surface area contributed by atoms with Crippen molar-refractivity contribution >= 4 is 17.9 Å². The second-order valence-corrected chi connectivity index (χ2v) is 5.41. The third kappa shape index (κ3) is 7.44. The van der Waals surface area contributed by atoms with Crippen LogP contribution in [0, 0.1) is 13.8 Å². The highest BCUT2D eigenvalue weighted by molar-refractivity contribution is 5.95. The Morgan fingerprint density at radius 2 is 1.87 bits per heavy atom. The number of carbonyl (C=O) groups is 3. The first-order valence-corrected chi connectivity index (χ1v) is 7.71. The first-order valence-electron chi connectivity index (χ1n) is 7.71. The van der Waals surface area contributed by atoms with Crippen molar-refractivity contribution in [1.29, 1.82) is 0 Å². The minimum Gasteiger partial charge on any atom is -0.455 e. The van der Waals surface area contributed by atoms with Crippen molar-refractivity contribution in [3.63, 3.8) is 0 Å². The number of amides is 3. The van der Waals surface area contributed by atoms with E-state index in [1.807, 2.05) is 39.0 Å². The highest BCUT2D eigenvalue weighted by Gasteiger charge is 2.11. The van der Waals surface area contributed by atoms with Crippen molar-refractivity contribution in [3.05, 3.63) is 34.9 Å². The van der Waals surface area contributed by atoms with Crippen molar-refractivity contribution in [3.8, 4) is 0 Å². The van der Waals surface area contributed by atoms with Gasteiger partial charge in [0.15, 0.2) is 6.61 Å². The van der Waals surface area contributed by atoms with Crippen molar-refractivity contribution in [2.24, 2.45) is 0 Å². The van der Waals surface area contributed by atoms with E-state index in [1.54, 1.807) is 0 Å². The number of benzene rings is 1. The zero-order valence-electron chi connectivity index (χ0n) is 13.9. The molecule has 1 aromatic rings. The Balaban J connectivity index is 2.30. The predicted molar refractivity (Wildman–Crippen MR) is 87.0 cm³/mol. The van der Waals surface area contributed by atoms with Crippen LogP contribution in [0.3, 0.4) is 0 Å². The molecule has 0 heterocycles. The fraction of sp³-hybridized carbons (Fsp3) is 0.471. The number of hydrogen-bond acceptors (Lipinski definition) is 4. The fourth-order valence-electron chi connectivity index (χ4n) is 1.86. The van der Waals surface area contributed by atoms with Gasteiger partial charge in [-0.15, -0.1) is 0 Å². The van der Waals surface area contributed by atoms with E-state index >= 15 is 0 Å². The molecule has 23 heavy (non-hydrogen) atoms. The third-order valence-electron chi connectivity index (χ3n) is 3.35. The second kappa shape index (κ2) is 9.61. The Labute approximate surface area is 136 Å². The molecule has 0 spiro atoms. The van der Waals surface area contributed by atoms with Crippen LogP contribution in [0.15, 0.2) is 18.2 Å². The number of unbranched alkanes of at least 4 members (excludes halogenated alkanes) is 1. The molecule has 0 atom stereocenters. The Morgan fingerprint density at radius 3 is 2.52 bits per heavy atom. The molecule has 6 nitrogen and oxygen atoms in total. The molecule has 0 saturated carbocycles. The highest BCUT2D eigenvalue weighted by Crippen LogP contribution is 2.10. The first kappa shape index (κ1) is 18.7. The normalized spacial score (nSPS) is 10.0. The summed E-state index contributed by atoms with van der Waals surface area (Å²) >= 11 is 0. The van der Waals surface area contributed by atoms with E-state index in [0.29, 0.717) is 6.54 Å². The maximum atomic E-state index is 11.7. The summed E-state index contributed by atoms with van der Waals surface area (Å²) in [6, 6.07) is 5.13. The fourth-order valence-corrected chi connectivity index (χ4v) is 1.86. The molecule has 126 valence electrons. The summed E-state index contributed by atoms with van der Waals surface area (Å²) in [6.45, 7) is 5.99. The molecule has 2 N–H and O–H groups in total. The standard InChI is InChI=1S/C17H24N2O4/c1-4-5-8-18-17(22)19-15(20)11-23-16(21)10-14-7-6-12(2)13(3)9-14/h6-7,9H,4-5,8,10-11H2,1-3H3,(H2,18,19,20,22). The second-order valence-electron chi connectivity index (χ2n) is 5.41. The van der Waals surface area contributed by atoms with E-state index in [9.17, 15) is 14.4 Å². The summed E-state index contributed by atoms with van der Waals surface area (Å²) < 4.78 is 4.87. The minimum absolute atomic E-state index is 0.0943. The minimum atomic E-state index is -0.646. The number of urea groups is 1. The Hall–Kier alpha value is -2.37. The SMILES string of the molecule is CCCCNC(=O)NC(=O)COC(=O)Cc1ccc(C)c(C)c1. The predicted octanol–water partition coefficient (Wildman–Crippen LogP) is 2.02. The molecule has 0 aliphatic rings. The molecule has 1 rings (SSSR count). The largest absolute Gasteiger partial charge is 0.455 e. The number of hydrogen-bond donors (Lipinski definition) is 2. The molecule has 0 aromatic heterocycles. The molecule has 1 aromatic carbocycles. The number of rotatable bonds is 7.